The van der Waals surface area contributed by atoms with E-state index in [2.05, 4.69) is 77.0 Å². The number of hydrogen-bond donors (Lipinski definition) is 2. The van der Waals surface area contributed by atoms with Crippen LogP contribution in [0.4, 0.5) is 5.95 Å². The molecule has 3 aromatic heterocycles. The zero-order valence-corrected chi connectivity index (χ0v) is 18.6. The predicted molar refractivity (Wildman–Crippen MR) is 133 cm³/mol. The molecule has 5 aromatic rings. The molecule has 3 heterocycles. The third-order valence-corrected chi connectivity index (χ3v) is 6.75. The molecule has 33 heavy (non-hydrogen) atoms. The number of pyridine rings is 2. The fourth-order valence-electron chi connectivity index (χ4n) is 4.75. The molecule has 0 unspecified atom stereocenters. The molecule has 0 amide bonds. The summed E-state index contributed by atoms with van der Waals surface area (Å²) in [6.45, 7) is 2.82. The van der Waals surface area contributed by atoms with Gasteiger partial charge in [0.15, 0.2) is 5.65 Å². The van der Waals surface area contributed by atoms with E-state index in [9.17, 15) is 0 Å². The number of nitrogens with two attached hydrogens (primary N) is 1. The maximum atomic E-state index is 6.55. The van der Waals surface area contributed by atoms with Crippen molar-refractivity contribution in [2.75, 3.05) is 11.9 Å². The topological polar surface area (TPSA) is 81.1 Å². The minimum Gasteiger partial charge on any atom is -0.354 e. The monoisotopic (exact) mass is 434 g/mol. The molecule has 6 rings (SSSR count). The molecule has 6 heteroatoms. The second-order valence-corrected chi connectivity index (χ2v) is 8.82. The Morgan fingerprint density at radius 2 is 1.73 bits per heavy atom. The molecule has 0 atom stereocenters. The van der Waals surface area contributed by atoms with Crippen molar-refractivity contribution in [1.82, 2.24) is 19.6 Å². The van der Waals surface area contributed by atoms with Gasteiger partial charge >= 0.3 is 0 Å². The number of anilines is 1. The lowest BCUT2D eigenvalue weighted by molar-refractivity contribution is 0.253. The molecule has 1 fully saturated rings. The Morgan fingerprint density at radius 1 is 0.939 bits per heavy atom. The molecule has 2 aromatic carbocycles. The maximum absolute atomic E-state index is 6.55. The van der Waals surface area contributed by atoms with Gasteiger partial charge in [-0.3, -0.25) is 4.40 Å². The highest BCUT2D eigenvalue weighted by molar-refractivity contribution is 5.91. The molecule has 6 nitrogen and oxygen atoms in total. The quantitative estimate of drug-likeness (QED) is 0.388. The molecule has 0 bridgehead atoms. The van der Waals surface area contributed by atoms with E-state index in [0.29, 0.717) is 0 Å². The van der Waals surface area contributed by atoms with Crippen molar-refractivity contribution >= 4 is 22.6 Å². The molecule has 3 N–H and O–H groups in total. The summed E-state index contributed by atoms with van der Waals surface area (Å²) in [6.07, 6.45) is 3.31. The SMILES string of the molecule is CCNc1nnc2ccc3nc(-c4ccc(C5(N)CCC5)cc4)c(-c4ccccc4)cc3n12. The summed E-state index contributed by atoms with van der Waals surface area (Å²) in [6, 6.07) is 25.2. The van der Waals surface area contributed by atoms with E-state index in [1.807, 2.05) is 22.6 Å². The highest BCUT2D eigenvalue weighted by Gasteiger charge is 2.34. The Kier molecular flexibility index (Phi) is 4.62. The number of nitrogens with zero attached hydrogens (tertiary/aromatic N) is 4. The Morgan fingerprint density at radius 3 is 2.42 bits per heavy atom. The van der Waals surface area contributed by atoms with Crippen LogP contribution in [0.15, 0.2) is 72.8 Å². The van der Waals surface area contributed by atoms with Crippen molar-refractivity contribution in [2.45, 2.75) is 31.7 Å². The van der Waals surface area contributed by atoms with Crippen molar-refractivity contribution in [3.63, 3.8) is 0 Å². The second kappa shape index (κ2) is 7.67. The standard InChI is InChI=1S/C27H26N6/c1-2-29-26-32-31-24-14-13-22-23(33(24)26)17-21(18-7-4-3-5-8-18)25(30-22)19-9-11-20(12-10-19)27(28)15-6-16-27/h3-5,7-14,17H,2,6,15-16,28H2,1H3,(H,29,32). The Balaban J connectivity index is 1.58. The molecule has 0 radical (unpaired) electrons. The Bertz CT molecular complexity index is 1450. The van der Waals surface area contributed by atoms with Gasteiger partial charge in [0, 0.05) is 23.2 Å². The number of rotatable bonds is 5. The summed E-state index contributed by atoms with van der Waals surface area (Å²) in [7, 11) is 0. The minimum atomic E-state index is -0.166. The third kappa shape index (κ3) is 3.26. The van der Waals surface area contributed by atoms with Crippen molar-refractivity contribution in [3.8, 4) is 22.4 Å². The average Bonchev–Trinajstić information content (AvgIpc) is 3.26. The summed E-state index contributed by atoms with van der Waals surface area (Å²) in [5.74, 6) is 0.727. The number of fused-ring (bicyclic) bond motifs is 3. The van der Waals surface area contributed by atoms with Gasteiger partial charge < -0.3 is 11.1 Å². The van der Waals surface area contributed by atoms with Crippen LogP contribution in [0.3, 0.4) is 0 Å². The molecule has 0 saturated heterocycles. The fraction of sp³-hybridized carbons (Fsp3) is 0.222. The summed E-state index contributed by atoms with van der Waals surface area (Å²) >= 11 is 0. The van der Waals surface area contributed by atoms with Gasteiger partial charge in [-0.25, -0.2) is 4.98 Å². The van der Waals surface area contributed by atoms with Crippen molar-refractivity contribution in [2.24, 2.45) is 5.73 Å². The van der Waals surface area contributed by atoms with E-state index in [1.54, 1.807) is 0 Å². The lowest BCUT2D eigenvalue weighted by Crippen LogP contribution is -2.43. The molecule has 1 aliphatic rings. The van der Waals surface area contributed by atoms with Gasteiger partial charge in [-0.05, 0) is 55.5 Å². The van der Waals surface area contributed by atoms with Crippen LogP contribution in [-0.4, -0.2) is 26.1 Å². The maximum Gasteiger partial charge on any atom is 0.229 e. The molecule has 1 aliphatic carbocycles. The second-order valence-electron chi connectivity index (χ2n) is 8.82. The van der Waals surface area contributed by atoms with Crippen molar-refractivity contribution < 1.29 is 0 Å². The molecular formula is C27H26N6. The molecule has 0 aliphatic heterocycles. The first-order valence-corrected chi connectivity index (χ1v) is 11.5. The Hall–Kier alpha value is -3.77. The first-order valence-electron chi connectivity index (χ1n) is 11.5. The first kappa shape index (κ1) is 19.9. The summed E-state index contributed by atoms with van der Waals surface area (Å²) < 4.78 is 2.04. The van der Waals surface area contributed by atoms with Crippen LogP contribution in [-0.2, 0) is 5.54 Å². The van der Waals surface area contributed by atoms with Crippen LogP contribution in [0.2, 0.25) is 0 Å². The van der Waals surface area contributed by atoms with E-state index in [0.717, 1.165) is 64.4 Å². The number of aromatic nitrogens is 4. The lowest BCUT2D eigenvalue weighted by atomic mass is 9.72. The normalized spacial score (nSPS) is 15.0. The lowest BCUT2D eigenvalue weighted by Gasteiger charge is -2.38. The van der Waals surface area contributed by atoms with Gasteiger partial charge in [0.2, 0.25) is 5.95 Å². The smallest absolute Gasteiger partial charge is 0.229 e. The van der Waals surface area contributed by atoms with Gasteiger partial charge in [-0.15, -0.1) is 10.2 Å². The van der Waals surface area contributed by atoms with E-state index < -0.39 is 0 Å². The summed E-state index contributed by atoms with van der Waals surface area (Å²) in [5.41, 5.74) is 14.5. The average molecular weight is 435 g/mol. The predicted octanol–water partition coefficient (Wildman–Crippen LogP) is 5.38. The third-order valence-electron chi connectivity index (χ3n) is 6.75. The van der Waals surface area contributed by atoms with Crippen molar-refractivity contribution in [3.05, 3.63) is 78.4 Å². The summed E-state index contributed by atoms with van der Waals surface area (Å²) in [4.78, 5) is 5.14. The molecule has 1 saturated carbocycles. The van der Waals surface area contributed by atoms with Gasteiger partial charge in [0.1, 0.15) is 0 Å². The number of nitrogens with one attached hydrogen (secondary N) is 1. The highest BCUT2D eigenvalue weighted by atomic mass is 15.3. The van der Waals surface area contributed by atoms with E-state index in [4.69, 9.17) is 10.7 Å². The highest BCUT2D eigenvalue weighted by Crippen LogP contribution is 2.40. The number of benzene rings is 2. The zero-order valence-electron chi connectivity index (χ0n) is 18.6. The van der Waals surface area contributed by atoms with Crippen LogP contribution in [0.25, 0.3) is 39.1 Å². The van der Waals surface area contributed by atoms with Crippen molar-refractivity contribution in [1.29, 1.82) is 0 Å². The molecule has 164 valence electrons. The van der Waals surface area contributed by atoms with Gasteiger partial charge in [-0.2, -0.15) is 0 Å². The Labute approximate surface area is 192 Å². The van der Waals surface area contributed by atoms with Crippen LogP contribution in [0, 0.1) is 0 Å². The fourth-order valence-corrected chi connectivity index (χ4v) is 4.75. The van der Waals surface area contributed by atoms with Crippen LogP contribution in [0.1, 0.15) is 31.7 Å². The van der Waals surface area contributed by atoms with Crippen LogP contribution >= 0.6 is 0 Å². The minimum absolute atomic E-state index is 0.166. The van der Waals surface area contributed by atoms with E-state index in [-0.39, 0.29) is 5.54 Å². The van der Waals surface area contributed by atoms with Gasteiger partial charge in [0.05, 0.1) is 16.7 Å². The largest absolute Gasteiger partial charge is 0.354 e. The first-order chi connectivity index (χ1) is 16.2. The van der Waals surface area contributed by atoms with Crippen LogP contribution < -0.4 is 11.1 Å². The van der Waals surface area contributed by atoms with Crippen LogP contribution in [0.5, 0.6) is 0 Å². The van der Waals surface area contributed by atoms with Gasteiger partial charge in [0.25, 0.3) is 0 Å². The zero-order chi connectivity index (χ0) is 22.4. The van der Waals surface area contributed by atoms with E-state index in [1.165, 1.54) is 12.0 Å². The molecule has 0 spiro atoms. The van der Waals surface area contributed by atoms with Gasteiger partial charge in [-0.1, -0.05) is 54.6 Å². The van der Waals surface area contributed by atoms with E-state index >= 15 is 0 Å². The number of hydrogen-bond acceptors (Lipinski definition) is 5. The summed E-state index contributed by atoms with van der Waals surface area (Å²) in [5, 5.41) is 12.0. The molecular weight excluding hydrogens is 408 g/mol.